The van der Waals surface area contributed by atoms with Crippen molar-refractivity contribution in [1.82, 2.24) is 6.15 Å². The van der Waals surface area contributed by atoms with Gasteiger partial charge in [-0.3, -0.25) is 14.1 Å². The van der Waals surface area contributed by atoms with E-state index in [1.165, 1.54) is 0 Å². The fourth-order valence-corrected chi connectivity index (χ4v) is 1.51. The summed E-state index contributed by atoms with van der Waals surface area (Å²) < 4.78 is 28.7. The SMILES string of the molecule is N.O=C(O)CC(C(=O)O)S(=O)(=O)O.Oc1ccccc1. The molecule has 1 aromatic rings. The van der Waals surface area contributed by atoms with Crippen LogP contribution in [0.15, 0.2) is 30.3 Å². The summed E-state index contributed by atoms with van der Waals surface area (Å²) in [5, 5.41) is 22.5. The molecule has 0 amide bonds. The Balaban J connectivity index is 0. The first-order chi connectivity index (χ1) is 8.64. The lowest BCUT2D eigenvalue weighted by Gasteiger charge is -2.04. The molecule has 10 heteroatoms. The average molecular weight is 309 g/mol. The summed E-state index contributed by atoms with van der Waals surface area (Å²) in [5.74, 6) is -3.18. The lowest BCUT2D eigenvalue weighted by atomic mass is 10.3. The number of aromatic hydroxyl groups is 1. The molecule has 0 radical (unpaired) electrons. The van der Waals surface area contributed by atoms with Crippen LogP contribution in [0.5, 0.6) is 5.75 Å². The third-order valence-corrected chi connectivity index (χ3v) is 2.84. The molecule has 0 spiro atoms. The number of phenolic OH excluding ortho intramolecular Hbond substituents is 1. The van der Waals surface area contributed by atoms with Crippen molar-refractivity contribution in [2.24, 2.45) is 0 Å². The lowest BCUT2D eigenvalue weighted by Crippen LogP contribution is -2.31. The van der Waals surface area contributed by atoms with E-state index in [2.05, 4.69) is 0 Å². The monoisotopic (exact) mass is 309 g/mol. The fourth-order valence-electron chi connectivity index (χ4n) is 0.907. The third kappa shape index (κ3) is 8.85. The van der Waals surface area contributed by atoms with E-state index in [1.54, 1.807) is 24.3 Å². The fraction of sp³-hybridized carbons (Fsp3) is 0.200. The normalized spacial score (nSPS) is 11.2. The number of para-hydroxylation sites is 1. The van der Waals surface area contributed by atoms with Crippen LogP contribution in [0.1, 0.15) is 6.42 Å². The van der Waals surface area contributed by atoms with Crippen LogP contribution in [0.3, 0.4) is 0 Å². The van der Waals surface area contributed by atoms with Crippen molar-refractivity contribution in [3.63, 3.8) is 0 Å². The van der Waals surface area contributed by atoms with Gasteiger partial charge in [0.15, 0.2) is 5.25 Å². The highest BCUT2D eigenvalue weighted by Crippen LogP contribution is 2.04. The van der Waals surface area contributed by atoms with Crippen LogP contribution in [-0.2, 0) is 19.7 Å². The smallest absolute Gasteiger partial charge is 0.325 e. The number of carboxylic acid groups (broad SMARTS) is 2. The standard InChI is InChI=1S/C6H6O.C4H6O7S.H3N/c7-6-4-2-1-3-5-6;5-3(6)1-2(4(7)8)12(9,10)11;/h1-5,7H;2H,1H2,(H,5,6)(H,7,8)(H,9,10,11);1H3. The first-order valence-electron chi connectivity index (χ1n) is 4.79. The molecule has 0 aliphatic rings. The summed E-state index contributed by atoms with van der Waals surface area (Å²) >= 11 is 0. The molecule has 114 valence electrons. The number of hydrogen-bond acceptors (Lipinski definition) is 6. The molecule has 7 N–H and O–H groups in total. The predicted octanol–water partition coefficient (Wildman–Crippen LogP) is 0.356. The van der Waals surface area contributed by atoms with Gasteiger partial charge in [0.05, 0.1) is 6.42 Å². The van der Waals surface area contributed by atoms with Crippen LogP contribution in [0.2, 0.25) is 0 Å². The lowest BCUT2D eigenvalue weighted by molar-refractivity contribution is -0.143. The van der Waals surface area contributed by atoms with Gasteiger partial charge in [0, 0.05) is 0 Å². The number of carbonyl (C=O) groups is 2. The molecule has 0 aromatic heterocycles. The minimum atomic E-state index is -4.84. The number of benzene rings is 1. The predicted molar refractivity (Wildman–Crippen MR) is 68.4 cm³/mol. The van der Waals surface area contributed by atoms with Crippen molar-refractivity contribution in [3.05, 3.63) is 30.3 Å². The maximum absolute atomic E-state index is 10.2. The maximum atomic E-state index is 10.2. The van der Waals surface area contributed by atoms with Crippen LogP contribution in [0.4, 0.5) is 0 Å². The molecule has 9 nitrogen and oxygen atoms in total. The second-order valence-corrected chi connectivity index (χ2v) is 4.87. The van der Waals surface area contributed by atoms with Gasteiger partial charge in [-0.25, -0.2) is 0 Å². The molecule has 0 saturated carbocycles. The molecule has 1 atom stereocenters. The van der Waals surface area contributed by atoms with Crippen molar-refractivity contribution in [3.8, 4) is 5.75 Å². The number of aliphatic carboxylic acids is 2. The van der Waals surface area contributed by atoms with Gasteiger partial charge in [0.2, 0.25) is 0 Å². The second kappa shape index (κ2) is 8.85. The van der Waals surface area contributed by atoms with Crippen LogP contribution < -0.4 is 6.15 Å². The van der Waals surface area contributed by atoms with Crippen molar-refractivity contribution in [2.75, 3.05) is 0 Å². The molecule has 0 fully saturated rings. The highest BCUT2D eigenvalue weighted by Gasteiger charge is 2.33. The quantitative estimate of drug-likeness (QED) is 0.489. The van der Waals surface area contributed by atoms with E-state index < -0.39 is 33.7 Å². The van der Waals surface area contributed by atoms with Crippen LogP contribution in [0.25, 0.3) is 0 Å². The van der Waals surface area contributed by atoms with E-state index in [9.17, 15) is 18.0 Å². The van der Waals surface area contributed by atoms with Gasteiger partial charge in [-0.2, -0.15) is 8.42 Å². The third-order valence-electron chi connectivity index (χ3n) is 1.75. The molecule has 20 heavy (non-hydrogen) atoms. The van der Waals surface area contributed by atoms with Crippen molar-refractivity contribution in [1.29, 1.82) is 0 Å². The molecule has 0 saturated heterocycles. The molecule has 1 aromatic carbocycles. The largest absolute Gasteiger partial charge is 0.508 e. The van der Waals surface area contributed by atoms with Crippen LogP contribution >= 0.6 is 0 Å². The molecule has 0 bridgehead atoms. The zero-order chi connectivity index (χ0) is 15.1. The number of hydrogen-bond donors (Lipinski definition) is 5. The van der Waals surface area contributed by atoms with E-state index in [-0.39, 0.29) is 6.15 Å². The van der Waals surface area contributed by atoms with E-state index in [4.69, 9.17) is 19.9 Å². The van der Waals surface area contributed by atoms with Crippen LogP contribution in [0, 0.1) is 0 Å². The minimum Gasteiger partial charge on any atom is -0.508 e. The summed E-state index contributed by atoms with van der Waals surface area (Å²) in [6.45, 7) is 0. The van der Waals surface area contributed by atoms with Gasteiger partial charge in [-0.05, 0) is 12.1 Å². The Bertz CT molecular complexity index is 527. The van der Waals surface area contributed by atoms with Gasteiger partial charge in [0.1, 0.15) is 5.75 Å². The van der Waals surface area contributed by atoms with E-state index in [0.717, 1.165) is 0 Å². The maximum Gasteiger partial charge on any atom is 0.325 e. The molecule has 1 unspecified atom stereocenters. The van der Waals surface area contributed by atoms with Crippen LogP contribution in [-0.4, -0.2) is 45.5 Å². The van der Waals surface area contributed by atoms with Crippen molar-refractivity contribution >= 4 is 22.1 Å². The Kier molecular flexibility index (Phi) is 8.92. The van der Waals surface area contributed by atoms with Gasteiger partial charge in [-0.1, -0.05) is 18.2 Å². The summed E-state index contributed by atoms with van der Waals surface area (Å²) in [7, 11) is -4.84. The van der Waals surface area contributed by atoms with Gasteiger partial charge in [0.25, 0.3) is 10.1 Å². The average Bonchev–Trinajstić information content (AvgIpc) is 2.26. The van der Waals surface area contributed by atoms with Crippen molar-refractivity contribution < 1.29 is 37.9 Å². The first-order valence-corrected chi connectivity index (χ1v) is 6.30. The number of rotatable bonds is 4. The highest BCUT2D eigenvalue weighted by atomic mass is 32.2. The molecule has 0 aliphatic carbocycles. The Hall–Kier alpha value is -2.17. The zero-order valence-corrected chi connectivity index (χ0v) is 11.0. The molecule has 0 heterocycles. The Morgan fingerprint density at radius 3 is 1.70 bits per heavy atom. The summed E-state index contributed by atoms with van der Waals surface area (Å²) in [4.78, 5) is 20.0. The van der Waals surface area contributed by atoms with E-state index in [1.807, 2.05) is 6.07 Å². The summed E-state index contributed by atoms with van der Waals surface area (Å²) in [5.41, 5.74) is 0. The first kappa shape index (κ1) is 20.2. The Morgan fingerprint density at radius 2 is 1.55 bits per heavy atom. The zero-order valence-electron chi connectivity index (χ0n) is 10.2. The number of phenols is 1. The molecule has 0 aliphatic heterocycles. The van der Waals surface area contributed by atoms with Gasteiger partial charge < -0.3 is 21.5 Å². The van der Waals surface area contributed by atoms with Gasteiger partial charge in [-0.15, -0.1) is 0 Å². The molecular weight excluding hydrogens is 294 g/mol. The summed E-state index contributed by atoms with van der Waals surface area (Å²) in [6.07, 6.45) is -1.16. The summed E-state index contributed by atoms with van der Waals surface area (Å²) in [6, 6.07) is 8.71. The van der Waals surface area contributed by atoms with E-state index >= 15 is 0 Å². The second-order valence-electron chi connectivity index (χ2n) is 3.28. The Labute approximate surface area is 114 Å². The molecule has 1 rings (SSSR count). The minimum absolute atomic E-state index is 0. The number of carboxylic acids is 2. The topological polar surface area (TPSA) is 184 Å². The molecular formula is C10H15NO8S. The van der Waals surface area contributed by atoms with Crippen molar-refractivity contribution in [2.45, 2.75) is 11.7 Å². The van der Waals surface area contributed by atoms with Gasteiger partial charge >= 0.3 is 11.9 Å². The highest BCUT2D eigenvalue weighted by molar-refractivity contribution is 7.87. The van der Waals surface area contributed by atoms with E-state index in [0.29, 0.717) is 5.75 Å². The Morgan fingerprint density at radius 1 is 1.10 bits per heavy atom.